The van der Waals surface area contributed by atoms with Gasteiger partial charge in [0.05, 0.1) is 0 Å². The molecule has 1 heterocycles. The second-order valence-electron chi connectivity index (χ2n) is 4.18. The van der Waals surface area contributed by atoms with Crippen LogP contribution in [-0.2, 0) is 9.53 Å². The van der Waals surface area contributed by atoms with Crippen molar-refractivity contribution < 1.29 is 9.53 Å². The van der Waals surface area contributed by atoms with E-state index in [1.165, 1.54) is 0 Å². The van der Waals surface area contributed by atoms with Gasteiger partial charge in [0.15, 0.2) is 0 Å². The van der Waals surface area contributed by atoms with Crippen LogP contribution < -0.4 is 5.32 Å². The molecule has 0 aliphatic carbocycles. The number of hydrogen-bond donors (Lipinski definition) is 1. The number of hydrogen-bond acceptors (Lipinski definition) is 3. The first-order chi connectivity index (χ1) is 7.24. The van der Waals surface area contributed by atoms with E-state index in [0.717, 1.165) is 39.1 Å². The molecule has 0 saturated carbocycles. The maximum atomic E-state index is 11.8. The molecule has 1 aliphatic rings. The van der Waals surface area contributed by atoms with Crippen LogP contribution in [0.1, 0.15) is 19.3 Å². The van der Waals surface area contributed by atoms with E-state index < -0.39 is 0 Å². The highest BCUT2D eigenvalue weighted by Gasteiger charge is 2.19. The van der Waals surface area contributed by atoms with Crippen LogP contribution in [0.5, 0.6) is 0 Å². The SMILES string of the molecule is CNCCN(C)C(=O)CC1CCOCC1.Cl. The quantitative estimate of drug-likeness (QED) is 0.789. The highest BCUT2D eigenvalue weighted by atomic mass is 35.5. The van der Waals surface area contributed by atoms with E-state index in [4.69, 9.17) is 4.74 Å². The van der Waals surface area contributed by atoms with Crippen molar-refractivity contribution in [3.05, 3.63) is 0 Å². The fraction of sp³-hybridized carbons (Fsp3) is 0.909. The summed E-state index contributed by atoms with van der Waals surface area (Å²) in [5.41, 5.74) is 0. The van der Waals surface area contributed by atoms with E-state index in [0.29, 0.717) is 12.3 Å². The third-order valence-corrected chi connectivity index (χ3v) is 2.93. The topological polar surface area (TPSA) is 41.6 Å². The van der Waals surface area contributed by atoms with Crippen molar-refractivity contribution in [2.24, 2.45) is 5.92 Å². The minimum atomic E-state index is 0. The first kappa shape index (κ1) is 15.7. The van der Waals surface area contributed by atoms with Gasteiger partial charge in [-0.2, -0.15) is 0 Å². The van der Waals surface area contributed by atoms with Crippen molar-refractivity contribution in [1.82, 2.24) is 10.2 Å². The molecular formula is C11H23ClN2O2. The smallest absolute Gasteiger partial charge is 0.222 e. The first-order valence-corrected chi connectivity index (χ1v) is 5.70. The van der Waals surface area contributed by atoms with Crippen LogP contribution >= 0.6 is 12.4 Å². The van der Waals surface area contributed by atoms with Gasteiger partial charge in [0.1, 0.15) is 0 Å². The molecule has 16 heavy (non-hydrogen) atoms. The Kier molecular flexibility index (Phi) is 8.61. The standard InChI is InChI=1S/C11H22N2O2.ClH/c1-12-5-6-13(2)11(14)9-10-3-7-15-8-4-10;/h10,12H,3-9H2,1-2H3;1H. The van der Waals surface area contributed by atoms with Gasteiger partial charge in [0.25, 0.3) is 0 Å². The molecule has 96 valence electrons. The van der Waals surface area contributed by atoms with Gasteiger partial charge in [-0.3, -0.25) is 4.79 Å². The number of nitrogens with zero attached hydrogens (tertiary/aromatic N) is 1. The number of amides is 1. The molecule has 1 rings (SSSR count). The van der Waals surface area contributed by atoms with E-state index >= 15 is 0 Å². The summed E-state index contributed by atoms with van der Waals surface area (Å²) in [4.78, 5) is 13.6. The van der Waals surface area contributed by atoms with Crippen molar-refractivity contribution in [2.75, 3.05) is 40.4 Å². The van der Waals surface area contributed by atoms with Gasteiger partial charge in [0.2, 0.25) is 5.91 Å². The Hall–Kier alpha value is -0.320. The zero-order valence-corrected chi connectivity index (χ0v) is 11.0. The molecular weight excluding hydrogens is 228 g/mol. The minimum absolute atomic E-state index is 0. The molecule has 0 bridgehead atoms. The molecule has 0 spiro atoms. The van der Waals surface area contributed by atoms with Crippen molar-refractivity contribution >= 4 is 18.3 Å². The number of nitrogens with one attached hydrogen (secondary N) is 1. The summed E-state index contributed by atoms with van der Waals surface area (Å²) < 4.78 is 5.27. The average molecular weight is 251 g/mol. The van der Waals surface area contributed by atoms with Gasteiger partial charge in [0, 0.05) is 39.8 Å². The zero-order valence-electron chi connectivity index (χ0n) is 10.2. The summed E-state index contributed by atoms with van der Waals surface area (Å²) in [7, 11) is 3.77. The highest BCUT2D eigenvalue weighted by molar-refractivity contribution is 5.85. The predicted octanol–water partition coefficient (Wildman–Crippen LogP) is 0.903. The Balaban J connectivity index is 0.00000225. The van der Waals surface area contributed by atoms with Crippen LogP contribution in [-0.4, -0.2) is 51.2 Å². The van der Waals surface area contributed by atoms with E-state index in [2.05, 4.69) is 5.32 Å². The highest BCUT2D eigenvalue weighted by Crippen LogP contribution is 2.18. The van der Waals surface area contributed by atoms with Crippen LogP contribution in [0.2, 0.25) is 0 Å². The van der Waals surface area contributed by atoms with Gasteiger partial charge in [-0.15, -0.1) is 12.4 Å². The molecule has 0 aromatic rings. The molecule has 1 aliphatic heterocycles. The monoisotopic (exact) mass is 250 g/mol. The fourth-order valence-corrected chi connectivity index (χ4v) is 1.76. The lowest BCUT2D eigenvalue weighted by Crippen LogP contribution is -2.34. The lowest BCUT2D eigenvalue weighted by atomic mass is 9.96. The van der Waals surface area contributed by atoms with Crippen molar-refractivity contribution in [3.63, 3.8) is 0 Å². The van der Waals surface area contributed by atoms with Crippen molar-refractivity contribution in [3.8, 4) is 0 Å². The molecule has 0 aromatic carbocycles. The Bertz CT molecular complexity index is 196. The van der Waals surface area contributed by atoms with Crippen LogP contribution in [0.4, 0.5) is 0 Å². The lowest BCUT2D eigenvalue weighted by molar-refractivity contribution is -0.131. The van der Waals surface area contributed by atoms with E-state index in [9.17, 15) is 4.79 Å². The van der Waals surface area contributed by atoms with Gasteiger partial charge in [-0.25, -0.2) is 0 Å². The van der Waals surface area contributed by atoms with Crippen LogP contribution in [0.25, 0.3) is 0 Å². The maximum Gasteiger partial charge on any atom is 0.222 e. The fourth-order valence-electron chi connectivity index (χ4n) is 1.76. The normalized spacial score (nSPS) is 16.6. The Morgan fingerprint density at radius 2 is 2.06 bits per heavy atom. The second kappa shape index (κ2) is 8.79. The lowest BCUT2D eigenvalue weighted by Gasteiger charge is -2.24. The number of carbonyl (C=O) groups is 1. The largest absolute Gasteiger partial charge is 0.381 e. The first-order valence-electron chi connectivity index (χ1n) is 5.70. The van der Waals surface area contributed by atoms with E-state index in [-0.39, 0.29) is 18.3 Å². The second-order valence-corrected chi connectivity index (χ2v) is 4.18. The molecule has 5 heteroatoms. The molecule has 1 saturated heterocycles. The Morgan fingerprint density at radius 1 is 1.44 bits per heavy atom. The molecule has 0 unspecified atom stereocenters. The molecule has 1 fully saturated rings. The predicted molar refractivity (Wildman–Crippen MR) is 67.0 cm³/mol. The van der Waals surface area contributed by atoms with Gasteiger partial charge in [-0.1, -0.05) is 0 Å². The summed E-state index contributed by atoms with van der Waals surface area (Å²) in [6.45, 7) is 3.28. The number of carbonyl (C=O) groups excluding carboxylic acids is 1. The zero-order chi connectivity index (χ0) is 11.1. The molecule has 4 nitrogen and oxygen atoms in total. The van der Waals surface area contributed by atoms with Crippen LogP contribution in [0.3, 0.4) is 0 Å². The van der Waals surface area contributed by atoms with Crippen LogP contribution in [0, 0.1) is 5.92 Å². The molecule has 0 atom stereocenters. The summed E-state index contributed by atoms with van der Waals surface area (Å²) in [5.74, 6) is 0.792. The van der Waals surface area contributed by atoms with Gasteiger partial charge < -0.3 is 15.0 Å². The minimum Gasteiger partial charge on any atom is -0.381 e. The molecule has 0 aromatic heterocycles. The summed E-state index contributed by atoms with van der Waals surface area (Å²) >= 11 is 0. The number of likely N-dealkylation sites (N-methyl/N-ethyl adjacent to an activating group) is 2. The summed E-state index contributed by atoms with van der Waals surface area (Å²) in [5, 5.41) is 3.04. The summed E-state index contributed by atoms with van der Waals surface area (Å²) in [6.07, 6.45) is 2.75. The van der Waals surface area contributed by atoms with E-state index in [1.807, 2.05) is 19.0 Å². The molecule has 1 N–H and O–H groups in total. The third-order valence-electron chi connectivity index (χ3n) is 2.93. The Labute approximate surface area is 104 Å². The third kappa shape index (κ3) is 5.68. The Morgan fingerprint density at radius 3 is 2.62 bits per heavy atom. The maximum absolute atomic E-state index is 11.8. The average Bonchev–Trinajstić information content (AvgIpc) is 2.27. The molecule has 0 radical (unpaired) electrons. The van der Waals surface area contributed by atoms with Crippen molar-refractivity contribution in [1.29, 1.82) is 0 Å². The van der Waals surface area contributed by atoms with Crippen molar-refractivity contribution in [2.45, 2.75) is 19.3 Å². The van der Waals surface area contributed by atoms with Gasteiger partial charge in [-0.05, 0) is 25.8 Å². The van der Waals surface area contributed by atoms with Crippen LogP contribution in [0.15, 0.2) is 0 Å². The van der Waals surface area contributed by atoms with E-state index in [1.54, 1.807) is 0 Å². The number of ether oxygens (including phenoxy) is 1. The number of rotatable bonds is 5. The van der Waals surface area contributed by atoms with Gasteiger partial charge >= 0.3 is 0 Å². The molecule has 1 amide bonds. The summed E-state index contributed by atoms with van der Waals surface area (Å²) in [6, 6.07) is 0. The number of halogens is 1.